The molecule has 0 aliphatic heterocycles. The maximum absolute atomic E-state index is 13.3. The van der Waals surface area contributed by atoms with Crippen LogP contribution in [0.1, 0.15) is 17.2 Å². The molecule has 0 bridgehead atoms. The molecule has 3 aromatic rings. The van der Waals surface area contributed by atoms with Gasteiger partial charge < -0.3 is 5.11 Å². The van der Waals surface area contributed by atoms with Crippen LogP contribution in [0.25, 0.3) is 10.1 Å². The molecule has 0 saturated heterocycles. The molecule has 1 atom stereocenters. The fourth-order valence-corrected chi connectivity index (χ4v) is 3.48. The SMILES string of the molecule is OC(Cc1cc(F)ccc1Cl)c1csc2ccccc12. The normalized spacial score (nSPS) is 12.8. The van der Waals surface area contributed by atoms with Gasteiger partial charge in [-0.05, 0) is 46.2 Å². The number of halogens is 2. The summed E-state index contributed by atoms with van der Waals surface area (Å²) in [6.07, 6.45) is -0.387. The number of hydrogen-bond acceptors (Lipinski definition) is 2. The molecule has 1 aromatic heterocycles. The minimum atomic E-state index is -0.689. The van der Waals surface area contributed by atoms with Crippen LogP contribution < -0.4 is 0 Å². The molecule has 0 aliphatic rings. The summed E-state index contributed by atoms with van der Waals surface area (Å²) in [5.74, 6) is -0.341. The molecule has 102 valence electrons. The molecule has 0 saturated carbocycles. The van der Waals surface area contributed by atoms with Gasteiger partial charge in [0.1, 0.15) is 5.82 Å². The van der Waals surface area contributed by atoms with Gasteiger partial charge in [0.25, 0.3) is 0 Å². The van der Waals surface area contributed by atoms with Crippen molar-refractivity contribution < 1.29 is 9.50 Å². The molecule has 0 amide bonds. The predicted octanol–water partition coefficient (Wildman–Crippen LogP) is 4.97. The van der Waals surface area contributed by atoms with Crippen molar-refractivity contribution in [3.05, 3.63) is 69.8 Å². The van der Waals surface area contributed by atoms with Crippen molar-refractivity contribution >= 4 is 33.0 Å². The molecule has 0 spiro atoms. The van der Waals surface area contributed by atoms with Crippen LogP contribution in [0.15, 0.2) is 47.8 Å². The van der Waals surface area contributed by atoms with Crippen LogP contribution in [0.2, 0.25) is 5.02 Å². The molecular weight excluding hydrogens is 295 g/mol. The van der Waals surface area contributed by atoms with Crippen LogP contribution in [-0.2, 0) is 6.42 Å². The van der Waals surface area contributed by atoms with Crippen molar-refractivity contribution in [2.24, 2.45) is 0 Å². The van der Waals surface area contributed by atoms with E-state index >= 15 is 0 Å². The fraction of sp³-hybridized carbons (Fsp3) is 0.125. The highest BCUT2D eigenvalue weighted by atomic mass is 35.5. The largest absolute Gasteiger partial charge is 0.388 e. The van der Waals surface area contributed by atoms with E-state index in [-0.39, 0.29) is 5.82 Å². The minimum absolute atomic E-state index is 0.303. The average Bonchev–Trinajstić information content (AvgIpc) is 2.87. The lowest BCUT2D eigenvalue weighted by molar-refractivity contribution is 0.180. The van der Waals surface area contributed by atoms with Gasteiger partial charge >= 0.3 is 0 Å². The molecule has 1 N–H and O–H groups in total. The van der Waals surface area contributed by atoms with Gasteiger partial charge in [-0.1, -0.05) is 29.8 Å². The first-order valence-electron chi connectivity index (χ1n) is 6.23. The summed E-state index contributed by atoms with van der Waals surface area (Å²) < 4.78 is 14.4. The van der Waals surface area contributed by atoms with Crippen molar-refractivity contribution in [1.82, 2.24) is 0 Å². The molecule has 20 heavy (non-hydrogen) atoms. The van der Waals surface area contributed by atoms with Crippen LogP contribution >= 0.6 is 22.9 Å². The van der Waals surface area contributed by atoms with Crippen LogP contribution in [0, 0.1) is 5.82 Å². The van der Waals surface area contributed by atoms with E-state index in [1.54, 1.807) is 11.3 Å². The van der Waals surface area contributed by atoms with E-state index in [2.05, 4.69) is 0 Å². The van der Waals surface area contributed by atoms with Gasteiger partial charge in [0.2, 0.25) is 0 Å². The fourth-order valence-electron chi connectivity index (χ4n) is 2.27. The highest BCUT2D eigenvalue weighted by molar-refractivity contribution is 7.17. The number of thiophene rings is 1. The summed E-state index contributed by atoms with van der Waals surface area (Å²) >= 11 is 7.64. The summed E-state index contributed by atoms with van der Waals surface area (Å²) in [6, 6.07) is 12.1. The smallest absolute Gasteiger partial charge is 0.123 e. The molecule has 1 heterocycles. The number of aliphatic hydroxyl groups excluding tert-OH is 1. The second-order valence-electron chi connectivity index (χ2n) is 4.64. The first kappa shape index (κ1) is 13.6. The summed E-state index contributed by atoms with van der Waals surface area (Å²) in [5.41, 5.74) is 1.49. The maximum atomic E-state index is 13.3. The van der Waals surface area contributed by atoms with Crippen molar-refractivity contribution in [2.75, 3.05) is 0 Å². The number of aliphatic hydroxyl groups is 1. The number of hydrogen-bond donors (Lipinski definition) is 1. The topological polar surface area (TPSA) is 20.2 Å². The molecule has 1 unspecified atom stereocenters. The van der Waals surface area contributed by atoms with Gasteiger partial charge in [-0.3, -0.25) is 0 Å². The van der Waals surface area contributed by atoms with Crippen molar-refractivity contribution in [3.8, 4) is 0 Å². The molecule has 0 aliphatic carbocycles. The summed E-state index contributed by atoms with van der Waals surface area (Å²) in [4.78, 5) is 0. The van der Waals surface area contributed by atoms with Gasteiger partial charge in [0.15, 0.2) is 0 Å². The van der Waals surface area contributed by atoms with E-state index in [1.807, 2.05) is 29.6 Å². The Kier molecular flexibility index (Phi) is 3.74. The van der Waals surface area contributed by atoms with Crippen molar-refractivity contribution in [1.29, 1.82) is 0 Å². The van der Waals surface area contributed by atoms with E-state index < -0.39 is 6.10 Å². The van der Waals surface area contributed by atoms with Crippen molar-refractivity contribution in [2.45, 2.75) is 12.5 Å². The van der Waals surface area contributed by atoms with Gasteiger partial charge in [0, 0.05) is 16.1 Å². The lowest BCUT2D eigenvalue weighted by Gasteiger charge is -2.11. The third kappa shape index (κ3) is 2.57. The lowest BCUT2D eigenvalue weighted by Crippen LogP contribution is -2.02. The van der Waals surface area contributed by atoms with Crippen LogP contribution in [0.3, 0.4) is 0 Å². The molecule has 4 heteroatoms. The van der Waals surface area contributed by atoms with Gasteiger partial charge in [0.05, 0.1) is 6.10 Å². The maximum Gasteiger partial charge on any atom is 0.123 e. The number of benzene rings is 2. The zero-order valence-corrected chi connectivity index (χ0v) is 12.1. The average molecular weight is 307 g/mol. The van der Waals surface area contributed by atoms with E-state index in [1.165, 1.54) is 18.2 Å². The highest BCUT2D eigenvalue weighted by Crippen LogP contribution is 2.32. The minimum Gasteiger partial charge on any atom is -0.388 e. The second-order valence-corrected chi connectivity index (χ2v) is 5.96. The summed E-state index contributed by atoms with van der Waals surface area (Å²) in [5, 5.41) is 13.9. The molecule has 1 nitrogen and oxygen atoms in total. The monoisotopic (exact) mass is 306 g/mol. The number of fused-ring (bicyclic) bond motifs is 1. The van der Waals surface area contributed by atoms with Gasteiger partial charge in [-0.15, -0.1) is 11.3 Å². The van der Waals surface area contributed by atoms with E-state index in [9.17, 15) is 9.50 Å². The highest BCUT2D eigenvalue weighted by Gasteiger charge is 2.15. The Hall–Kier alpha value is -1.42. The van der Waals surface area contributed by atoms with Gasteiger partial charge in [-0.25, -0.2) is 4.39 Å². The Labute approximate surface area is 125 Å². The first-order chi connectivity index (χ1) is 9.65. The van der Waals surface area contributed by atoms with E-state index in [0.29, 0.717) is 17.0 Å². The molecule has 2 aromatic carbocycles. The standard InChI is InChI=1S/C16H12ClFOS/c17-14-6-5-11(18)7-10(14)8-15(19)13-9-20-16-4-2-1-3-12(13)16/h1-7,9,15,19H,8H2. The second kappa shape index (κ2) is 5.52. The van der Waals surface area contributed by atoms with Crippen LogP contribution in [0.4, 0.5) is 4.39 Å². The first-order valence-corrected chi connectivity index (χ1v) is 7.49. The van der Waals surface area contributed by atoms with Crippen molar-refractivity contribution in [3.63, 3.8) is 0 Å². The van der Waals surface area contributed by atoms with E-state index in [4.69, 9.17) is 11.6 Å². The van der Waals surface area contributed by atoms with E-state index in [0.717, 1.165) is 15.6 Å². The molecule has 0 radical (unpaired) electrons. The third-order valence-electron chi connectivity index (χ3n) is 3.29. The predicted molar refractivity (Wildman–Crippen MR) is 81.9 cm³/mol. The summed E-state index contributed by atoms with van der Waals surface area (Å²) in [6.45, 7) is 0. The zero-order valence-electron chi connectivity index (χ0n) is 10.5. The molecule has 0 fully saturated rings. The Morgan fingerprint density at radius 2 is 2.00 bits per heavy atom. The quantitative estimate of drug-likeness (QED) is 0.724. The Balaban J connectivity index is 1.93. The molecular formula is C16H12ClFOS. The third-order valence-corrected chi connectivity index (χ3v) is 4.64. The molecule has 3 rings (SSSR count). The van der Waals surface area contributed by atoms with Crippen LogP contribution in [-0.4, -0.2) is 5.11 Å². The Morgan fingerprint density at radius 1 is 1.20 bits per heavy atom. The lowest BCUT2D eigenvalue weighted by atomic mass is 10.0. The Bertz CT molecular complexity index is 753. The van der Waals surface area contributed by atoms with Crippen LogP contribution in [0.5, 0.6) is 0 Å². The zero-order chi connectivity index (χ0) is 14.1. The number of rotatable bonds is 3. The van der Waals surface area contributed by atoms with Gasteiger partial charge in [-0.2, -0.15) is 0 Å². The summed E-state index contributed by atoms with van der Waals surface area (Å²) in [7, 11) is 0. The Morgan fingerprint density at radius 3 is 2.85 bits per heavy atom.